The van der Waals surface area contributed by atoms with Gasteiger partial charge in [0.05, 0.1) is 5.56 Å². The van der Waals surface area contributed by atoms with E-state index in [2.05, 4.69) is 33.9 Å². The Kier molecular flexibility index (Phi) is 5.21. The summed E-state index contributed by atoms with van der Waals surface area (Å²) in [6.07, 6.45) is 4.01. The van der Waals surface area contributed by atoms with Crippen LogP contribution in [0.15, 0.2) is 53.2 Å². The SMILES string of the molecule is CCCN(CCC)c1ccc(-c2nc(-c3ccccc3)no2)cn1. The molecule has 0 unspecified atom stereocenters. The van der Waals surface area contributed by atoms with Crippen LogP contribution in [-0.2, 0) is 0 Å². The molecule has 0 aliphatic carbocycles. The van der Waals surface area contributed by atoms with Crippen LogP contribution in [-0.4, -0.2) is 28.2 Å². The Morgan fingerprint density at radius 1 is 0.917 bits per heavy atom. The summed E-state index contributed by atoms with van der Waals surface area (Å²) >= 11 is 0. The second kappa shape index (κ2) is 7.73. The van der Waals surface area contributed by atoms with Gasteiger partial charge in [0, 0.05) is 24.8 Å². The van der Waals surface area contributed by atoms with Crippen molar-refractivity contribution in [3.8, 4) is 22.8 Å². The second-order valence-corrected chi connectivity index (χ2v) is 5.68. The van der Waals surface area contributed by atoms with Gasteiger partial charge in [0.2, 0.25) is 5.82 Å². The van der Waals surface area contributed by atoms with Crippen molar-refractivity contribution in [3.63, 3.8) is 0 Å². The first kappa shape index (κ1) is 16.2. The molecule has 0 bridgehead atoms. The van der Waals surface area contributed by atoms with E-state index in [-0.39, 0.29) is 0 Å². The first-order valence-corrected chi connectivity index (χ1v) is 8.42. The lowest BCUT2D eigenvalue weighted by Gasteiger charge is -2.22. The molecule has 5 heteroatoms. The summed E-state index contributed by atoms with van der Waals surface area (Å²) in [6.45, 7) is 6.39. The van der Waals surface area contributed by atoms with Crippen LogP contribution in [0.1, 0.15) is 26.7 Å². The van der Waals surface area contributed by atoms with Crippen LogP contribution in [0.2, 0.25) is 0 Å². The van der Waals surface area contributed by atoms with Crippen molar-refractivity contribution in [1.82, 2.24) is 15.1 Å². The lowest BCUT2D eigenvalue weighted by atomic mass is 10.2. The quantitative estimate of drug-likeness (QED) is 0.644. The molecule has 0 N–H and O–H groups in total. The Bertz CT molecular complexity index is 747. The zero-order chi connectivity index (χ0) is 16.8. The van der Waals surface area contributed by atoms with E-state index in [9.17, 15) is 0 Å². The fourth-order valence-corrected chi connectivity index (χ4v) is 2.63. The maximum atomic E-state index is 5.39. The van der Waals surface area contributed by atoms with Crippen molar-refractivity contribution in [2.24, 2.45) is 0 Å². The highest BCUT2D eigenvalue weighted by molar-refractivity contribution is 5.60. The third-order valence-electron chi connectivity index (χ3n) is 3.76. The van der Waals surface area contributed by atoms with E-state index < -0.39 is 0 Å². The third kappa shape index (κ3) is 3.62. The minimum Gasteiger partial charge on any atom is -0.357 e. The molecule has 0 amide bonds. The molecule has 3 aromatic rings. The van der Waals surface area contributed by atoms with Gasteiger partial charge >= 0.3 is 0 Å². The molecule has 3 rings (SSSR count). The van der Waals surface area contributed by atoms with E-state index >= 15 is 0 Å². The van der Waals surface area contributed by atoms with Gasteiger partial charge in [0.25, 0.3) is 5.89 Å². The molecule has 0 aliphatic heterocycles. The molecule has 0 aliphatic rings. The monoisotopic (exact) mass is 322 g/mol. The van der Waals surface area contributed by atoms with Crippen molar-refractivity contribution in [2.75, 3.05) is 18.0 Å². The molecule has 0 atom stereocenters. The van der Waals surface area contributed by atoms with Crippen LogP contribution < -0.4 is 4.90 Å². The molecule has 1 aromatic carbocycles. The highest BCUT2D eigenvalue weighted by Gasteiger charge is 2.12. The molecule has 0 saturated carbocycles. The van der Waals surface area contributed by atoms with Crippen molar-refractivity contribution in [1.29, 1.82) is 0 Å². The van der Waals surface area contributed by atoms with Gasteiger partial charge in [-0.2, -0.15) is 4.98 Å². The Morgan fingerprint density at radius 2 is 1.67 bits per heavy atom. The average Bonchev–Trinajstić information content (AvgIpc) is 3.13. The number of nitrogens with zero attached hydrogens (tertiary/aromatic N) is 4. The molecule has 124 valence electrons. The van der Waals surface area contributed by atoms with Gasteiger partial charge in [-0.05, 0) is 25.0 Å². The minimum atomic E-state index is 0.491. The van der Waals surface area contributed by atoms with Gasteiger partial charge in [-0.15, -0.1) is 0 Å². The molecule has 5 nitrogen and oxygen atoms in total. The number of pyridine rings is 1. The molecule has 0 radical (unpaired) electrons. The molecule has 2 heterocycles. The van der Waals surface area contributed by atoms with Crippen molar-refractivity contribution in [3.05, 3.63) is 48.7 Å². The number of aromatic nitrogens is 3. The summed E-state index contributed by atoms with van der Waals surface area (Å²) in [6, 6.07) is 13.8. The van der Waals surface area contributed by atoms with E-state index in [1.54, 1.807) is 6.20 Å². The van der Waals surface area contributed by atoms with E-state index in [0.29, 0.717) is 11.7 Å². The molecular formula is C19H22N4O. The Labute approximate surface area is 142 Å². The standard InChI is InChI=1S/C19H22N4O/c1-3-12-23(13-4-2)17-11-10-16(14-20-17)19-21-18(22-24-19)15-8-6-5-7-9-15/h5-11,14H,3-4,12-13H2,1-2H3. The van der Waals surface area contributed by atoms with Crippen molar-refractivity contribution < 1.29 is 4.52 Å². The topological polar surface area (TPSA) is 55.1 Å². The summed E-state index contributed by atoms with van der Waals surface area (Å²) in [5, 5.41) is 4.05. The number of rotatable bonds is 7. The first-order chi connectivity index (χ1) is 11.8. The molecule has 0 saturated heterocycles. The molecular weight excluding hydrogens is 300 g/mol. The van der Waals surface area contributed by atoms with E-state index in [1.165, 1.54) is 0 Å². The summed E-state index contributed by atoms with van der Waals surface area (Å²) < 4.78 is 5.39. The molecule has 2 aromatic heterocycles. The second-order valence-electron chi connectivity index (χ2n) is 5.68. The molecule has 0 spiro atoms. The fraction of sp³-hybridized carbons (Fsp3) is 0.316. The van der Waals surface area contributed by atoms with Gasteiger partial charge in [-0.3, -0.25) is 0 Å². The summed E-state index contributed by atoms with van der Waals surface area (Å²) in [5.41, 5.74) is 1.77. The molecule has 24 heavy (non-hydrogen) atoms. The Morgan fingerprint density at radius 3 is 2.29 bits per heavy atom. The smallest absolute Gasteiger partial charge is 0.259 e. The third-order valence-corrected chi connectivity index (χ3v) is 3.76. The van der Waals surface area contributed by atoms with Gasteiger partial charge in [-0.1, -0.05) is 49.3 Å². The lowest BCUT2D eigenvalue weighted by molar-refractivity contribution is 0.432. The van der Waals surface area contributed by atoms with Crippen molar-refractivity contribution in [2.45, 2.75) is 26.7 Å². The van der Waals surface area contributed by atoms with E-state index in [4.69, 9.17) is 4.52 Å². The predicted octanol–water partition coefficient (Wildman–Crippen LogP) is 4.43. The fourth-order valence-electron chi connectivity index (χ4n) is 2.63. The average molecular weight is 322 g/mol. The lowest BCUT2D eigenvalue weighted by Crippen LogP contribution is -2.25. The van der Waals surface area contributed by atoms with Crippen LogP contribution in [0.25, 0.3) is 22.8 Å². The first-order valence-electron chi connectivity index (χ1n) is 8.42. The summed E-state index contributed by atoms with van der Waals surface area (Å²) in [5.74, 6) is 2.07. The van der Waals surface area contributed by atoms with Crippen LogP contribution in [0, 0.1) is 0 Å². The highest BCUT2D eigenvalue weighted by atomic mass is 16.5. The van der Waals surface area contributed by atoms with Crippen LogP contribution in [0.5, 0.6) is 0 Å². The highest BCUT2D eigenvalue weighted by Crippen LogP contribution is 2.23. The number of hydrogen-bond donors (Lipinski definition) is 0. The number of benzene rings is 1. The number of hydrogen-bond acceptors (Lipinski definition) is 5. The normalized spacial score (nSPS) is 10.8. The minimum absolute atomic E-state index is 0.491. The van der Waals surface area contributed by atoms with Gasteiger partial charge in [0.15, 0.2) is 0 Å². The van der Waals surface area contributed by atoms with Crippen LogP contribution >= 0.6 is 0 Å². The van der Waals surface area contributed by atoms with Crippen LogP contribution in [0.4, 0.5) is 5.82 Å². The Hall–Kier alpha value is -2.69. The Balaban J connectivity index is 1.80. The maximum absolute atomic E-state index is 5.39. The number of anilines is 1. The van der Waals surface area contributed by atoms with Crippen molar-refractivity contribution >= 4 is 5.82 Å². The van der Waals surface area contributed by atoms with Gasteiger partial charge in [-0.25, -0.2) is 4.98 Å². The van der Waals surface area contributed by atoms with E-state index in [1.807, 2.05) is 42.5 Å². The van der Waals surface area contributed by atoms with Crippen LogP contribution in [0.3, 0.4) is 0 Å². The van der Waals surface area contributed by atoms with Gasteiger partial charge < -0.3 is 9.42 Å². The zero-order valence-electron chi connectivity index (χ0n) is 14.1. The summed E-state index contributed by atoms with van der Waals surface area (Å²) in [7, 11) is 0. The van der Waals surface area contributed by atoms with Gasteiger partial charge in [0.1, 0.15) is 5.82 Å². The summed E-state index contributed by atoms with van der Waals surface area (Å²) in [4.78, 5) is 11.3. The molecule has 0 fully saturated rings. The van der Waals surface area contributed by atoms with E-state index in [0.717, 1.165) is 42.9 Å². The zero-order valence-corrected chi connectivity index (χ0v) is 14.1. The largest absolute Gasteiger partial charge is 0.357 e. The predicted molar refractivity (Wildman–Crippen MR) is 95.8 cm³/mol. The maximum Gasteiger partial charge on any atom is 0.259 e.